The molecule has 654 valence electrons. The number of primary amides is 1. The van der Waals surface area contributed by atoms with E-state index in [-0.39, 0.29) is 57.4 Å². The fourth-order valence-electron chi connectivity index (χ4n) is 13.6. The molecule has 1 aromatic rings. The monoisotopic (exact) mass is 1650 g/mol. The molecule has 3 fully saturated rings. The van der Waals surface area contributed by atoms with Gasteiger partial charge in [-0.2, -0.15) is 0 Å². The summed E-state index contributed by atoms with van der Waals surface area (Å²) in [6.07, 6.45) is -6.36. The summed E-state index contributed by atoms with van der Waals surface area (Å²) in [7, 11) is 0. The number of carbonyl (C=O) groups excluding carboxylic acids is 15. The van der Waals surface area contributed by atoms with Crippen molar-refractivity contribution in [1.29, 1.82) is 0 Å². The number of cyclic esters (lactones) is 1. The van der Waals surface area contributed by atoms with Gasteiger partial charge in [-0.1, -0.05) is 97.1 Å². The minimum absolute atomic E-state index is 0.0135. The summed E-state index contributed by atoms with van der Waals surface area (Å²) in [5.41, 5.74) is 17.4. The van der Waals surface area contributed by atoms with Crippen molar-refractivity contribution in [1.82, 2.24) is 68.3 Å². The summed E-state index contributed by atoms with van der Waals surface area (Å²) in [5, 5.41) is 114. The summed E-state index contributed by atoms with van der Waals surface area (Å²) >= 11 is 0. The Hall–Kier alpha value is -9.29. The fourth-order valence-corrected chi connectivity index (χ4v) is 13.6. The molecule has 0 spiro atoms. The van der Waals surface area contributed by atoms with E-state index in [9.17, 15) is 113 Å². The van der Waals surface area contributed by atoms with E-state index in [0.717, 1.165) is 90.4 Å². The van der Waals surface area contributed by atoms with Crippen LogP contribution in [0.25, 0.3) is 0 Å². The summed E-state index contributed by atoms with van der Waals surface area (Å²) in [6.45, 7) is 8.67. The van der Waals surface area contributed by atoms with Crippen molar-refractivity contribution >= 4 is 88.7 Å². The van der Waals surface area contributed by atoms with Gasteiger partial charge in [0.15, 0.2) is 0 Å². The van der Waals surface area contributed by atoms with E-state index in [1.54, 1.807) is 0 Å². The number of phenolic OH excluding ortho intramolecular Hbond substituents is 1. The third-order valence-electron chi connectivity index (χ3n) is 20.3. The van der Waals surface area contributed by atoms with E-state index < -0.39 is 255 Å². The number of fused-ring (bicyclic) bond motifs is 2. The van der Waals surface area contributed by atoms with Gasteiger partial charge in [-0.3, -0.25) is 67.1 Å². The molecule has 116 heavy (non-hydrogen) atoms. The predicted molar refractivity (Wildman–Crippen MR) is 416 cm³/mol. The molecule has 40 heteroatoms. The first kappa shape index (κ1) is 99.1. The highest BCUT2D eigenvalue weighted by Crippen LogP contribution is 2.25. The zero-order valence-electron chi connectivity index (χ0n) is 67.6. The number of carbonyl (C=O) groups is 15. The maximum absolute atomic E-state index is 14.8. The number of aromatic hydroxyl groups is 1. The van der Waals surface area contributed by atoms with Crippen LogP contribution in [0, 0.1) is 5.92 Å². The molecule has 3 heterocycles. The first-order valence-electron chi connectivity index (χ1n) is 40.1. The molecule has 0 aliphatic carbocycles. The number of unbranched alkanes of at least 4 members (excludes halogenated alkanes) is 10. The average Bonchev–Trinajstić information content (AvgIpc) is 1.64. The van der Waals surface area contributed by atoms with Crippen LogP contribution in [0.4, 0.5) is 0 Å². The Morgan fingerprint density at radius 1 is 0.569 bits per heavy atom. The van der Waals surface area contributed by atoms with Gasteiger partial charge >= 0.3 is 5.97 Å². The summed E-state index contributed by atoms with van der Waals surface area (Å²) < 4.78 is 6.03. The smallest absolute Gasteiger partial charge is 0.328 e. The Morgan fingerprint density at radius 2 is 1.09 bits per heavy atom. The topological polar surface area (TPSA) is 644 Å². The number of phenols is 1. The van der Waals surface area contributed by atoms with Crippen LogP contribution in [0.5, 0.6) is 5.75 Å². The van der Waals surface area contributed by atoms with Crippen molar-refractivity contribution in [2.24, 2.45) is 23.1 Å². The van der Waals surface area contributed by atoms with Crippen molar-refractivity contribution in [2.75, 3.05) is 32.7 Å². The van der Waals surface area contributed by atoms with Gasteiger partial charge in [0.1, 0.15) is 78.3 Å². The normalized spacial score (nSPS) is 27.2. The highest BCUT2D eigenvalue weighted by molar-refractivity contribution is 6.00. The maximum Gasteiger partial charge on any atom is 0.328 e. The van der Waals surface area contributed by atoms with Crippen LogP contribution in [-0.4, -0.2) is 293 Å². The van der Waals surface area contributed by atoms with Gasteiger partial charge in [0.2, 0.25) is 82.7 Å². The molecule has 0 aromatic heterocycles. The maximum atomic E-state index is 14.8. The summed E-state index contributed by atoms with van der Waals surface area (Å²) in [5.74, 6) is -18.1. The number of amides is 14. The molecule has 1 aromatic carbocycles. The number of esters is 1. The SMILES string of the molecule is CCCCCCCCCCCCC[C@@H]1CC(=O)N[C@H]([C@@H](C)O)C(=O)N[C@H](C)C(=O)N[C@@H](Cc2ccc(O)cc2)C(=O)N[C@@H](C(C)C)C(=O)N2C[C@H](O)C[C@H]2C(=O)N[C@H]([C@@H](C)O)C(=O)N[C@@H]([C@@H](C)O)C(=O)N2CC[C@H](O)[C@H]2C(=O)N[C@@H]([C@H](O)CC(N)=O)C(=O)NCC(=O)N[C@H]([C@@H](C)O)C(=O)N[C@@H](CCCNC(=O)[C@@H](N)CCCN)C(=O)O1. The second kappa shape index (κ2) is 49.7. The van der Waals surface area contributed by atoms with Crippen LogP contribution in [-0.2, 0) is 83.1 Å². The highest BCUT2D eigenvalue weighted by Gasteiger charge is 2.49. The Labute approximate surface area is 674 Å². The standard InChI is InChI=1S/C76H126N16O24/c1-9-10-11-12-13-14-15-16-17-18-19-22-48-35-56(102)85-59(41(5)93)70(109)82-40(4)65(104)84-51(33-45-25-27-46(97)28-26-45)67(106)87-58(39(2)3)74(113)92-38-47(98)34-52(92)68(107)88-61(43(7)95)72(111)89-62(44(8)96)75(114)91-32-29-53(99)64(91)73(112)90-63(54(100)36-55(79)101)69(108)81-37-57(103)86-60(42(6)94)71(110)83-50(76(115)116-48)24-21-31-80-66(105)49(78)23-20-30-77/h25-28,39-44,47-54,58-64,93-100H,9-24,29-38,77-78H2,1-8H3,(H2,79,101)(H,80,105)(H,81,108)(H,82,109)(H,83,110)(H,84,104)(H,85,102)(H,86,103)(H,87,106)(H,88,107)(H,89,111)(H,90,112)/t40-,41-,42-,43-,44-,47-,48-,49+,50+,51+,52+,53+,54-,58+,59-,60-,61-,62+,63+,64+/m1/s1. The summed E-state index contributed by atoms with van der Waals surface area (Å²) in [6, 6.07) is -15.7. The van der Waals surface area contributed by atoms with E-state index in [1.807, 2.05) is 0 Å². The molecule has 25 N–H and O–H groups in total. The van der Waals surface area contributed by atoms with Gasteiger partial charge in [-0.25, -0.2) is 4.79 Å². The molecule has 3 aliphatic rings. The molecule has 14 amide bonds. The lowest BCUT2D eigenvalue weighted by Gasteiger charge is -2.34. The second-order valence-electron chi connectivity index (χ2n) is 30.7. The van der Waals surface area contributed by atoms with Crippen molar-refractivity contribution in [3.05, 3.63) is 29.8 Å². The molecule has 0 bridgehead atoms. The molecule has 40 nitrogen and oxygen atoms in total. The Bertz CT molecular complexity index is 3440. The van der Waals surface area contributed by atoms with Gasteiger partial charge in [0.25, 0.3) is 0 Å². The van der Waals surface area contributed by atoms with Crippen LogP contribution < -0.4 is 75.7 Å². The Balaban J connectivity index is 1.84. The quantitative estimate of drug-likeness (QED) is 0.0252. The number of nitrogens with zero attached hydrogens (tertiary/aromatic N) is 2. The number of nitrogens with one attached hydrogen (secondary N) is 11. The third-order valence-corrected chi connectivity index (χ3v) is 20.3. The first-order chi connectivity index (χ1) is 54.7. The van der Waals surface area contributed by atoms with Gasteiger partial charge < -0.3 is 131 Å². The molecule has 20 atom stereocenters. The largest absolute Gasteiger partial charge is 0.508 e. The third kappa shape index (κ3) is 32.3. The number of aliphatic hydroxyl groups excluding tert-OH is 7. The van der Waals surface area contributed by atoms with Gasteiger partial charge in [-0.05, 0) is 110 Å². The zero-order chi connectivity index (χ0) is 86.8. The lowest BCUT2D eigenvalue weighted by molar-refractivity contribution is -0.155. The van der Waals surface area contributed by atoms with Crippen LogP contribution in [0.1, 0.15) is 189 Å². The van der Waals surface area contributed by atoms with E-state index in [0.29, 0.717) is 29.7 Å². The van der Waals surface area contributed by atoms with E-state index in [1.165, 1.54) is 45.0 Å². The molecule has 0 saturated carbocycles. The van der Waals surface area contributed by atoms with E-state index in [2.05, 4.69) is 65.4 Å². The number of benzene rings is 1. The van der Waals surface area contributed by atoms with E-state index >= 15 is 0 Å². The van der Waals surface area contributed by atoms with Crippen molar-refractivity contribution in [3.8, 4) is 5.75 Å². The fraction of sp³-hybridized carbons (Fsp3) is 0.724. The second-order valence-corrected chi connectivity index (χ2v) is 30.7. The number of ether oxygens (including phenoxy) is 1. The lowest BCUT2D eigenvalue weighted by Crippen LogP contribution is -2.64. The molecular weight excluding hydrogens is 1520 g/mol. The molecule has 0 radical (unpaired) electrons. The number of hydrogen-bond donors (Lipinski definition) is 22. The zero-order valence-corrected chi connectivity index (χ0v) is 67.6. The molecule has 3 aliphatic heterocycles. The predicted octanol–water partition coefficient (Wildman–Crippen LogP) is -6.25. The van der Waals surface area contributed by atoms with Gasteiger partial charge in [-0.15, -0.1) is 0 Å². The Morgan fingerprint density at radius 3 is 1.66 bits per heavy atom. The highest BCUT2D eigenvalue weighted by atomic mass is 16.5. The minimum atomic E-state index is -2.25. The van der Waals surface area contributed by atoms with E-state index in [4.69, 9.17) is 21.9 Å². The first-order valence-corrected chi connectivity index (χ1v) is 40.1. The number of nitrogens with two attached hydrogens (primary N) is 3. The summed E-state index contributed by atoms with van der Waals surface area (Å²) in [4.78, 5) is 213. The van der Waals surface area contributed by atoms with Crippen LogP contribution in [0.15, 0.2) is 24.3 Å². The molecule has 3 saturated heterocycles. The number of hydrogen-bond acceptors (Lipinski definition) is 26. The molecular formula is C76H126N16O24. The number of aliphatic hydroxyl groups is 7. The van der Waals surface area contributed by atoms with Crippen molar-refractivity contribution < 1.29 is 118 Å². The lowest BCUT2D eigenvalue weighted by atomic mass is 9.99. The van der Waals surface area contributed by atoms with Crippen molar-refractivity contribution in [3.63, 3.8) is 0 Å². The van der Waals surface area contributed by atoms with Crippen LogP contribution in [0.2, 0.25) is 0 Å². The van der Waals surface area contributed by atoms with Crippen LogP contribution in [0.3, 0.4) is 0 Å². The van der Waals surface area contributed by atoms with Crippen molar-refractivity contribution in [2.45, 2.75) is 312 Å². The minimum Gasteiger partial charge on any atom is -0.508 e. The Kier molecular flexibility index (Phi) is 42.4. The van der Waals surface area contributed by atoms with Gasteiger partial charge in [0, 0.05) is 32.5 Å². The van der Waals surface area contributed by atoms with Crippen LogP contribution >= 0.6 is 0 Å². The molecule has 4 rings (SSSR count). The molecule has 0 unspecified atom stereocenters. The number of rotatable bonds is 30. The average molecular weight is 1650 g/mol. The van der Waals surface area contributed by atoms with Gasteiger partial charge in [0.05, 0.1) is 68.2 Å².